The molecule has 0 spiro atoms. The van der Waals surface area contributed by atoms with E-state index in [1.54, 1.807) is 0 Å². The summed E-state index contributed by atoms with van der Waals surface area (Å²) in [6.45, 7) is 7.26. The first-order valence-corrected chi connectivity index (χ1v) is 8.11. The van der Waals surface area contributed by atoms with Crippen molar-refractivity contribution in [3.63, 3.8) is 0 Å². The van der Waals surface area contributed by atoms with E-state index in [1.165, 1.54) is 19.3 Å². The third-order valence-electron chi connectivity index (χ3n) is 4.67. The molecule has 1 atom stereocenters. The Bertz CT molecular complexity index is 555. The van der Waals surface area contributed by atoms with E-state index < -0.39 is 0 Å². The van der Waals surface area contributed by atoms with Crippen molar-refractivity contribution in [3.05, 3.63) is 21.6 Å². The molecule has 5 heteroatoms. The highest BCUT2D eigenvalue weighted by Crippen LogP contribution is 2.20. The molecule has 0 amide bonds. The van der Waals surface area contributed by atoms with Gasteiger partial charge < -0.3 is 9.64 Å². The lowest BCUT2D eigenvalue weighted by atomic mass is 10.1. The van der Waals surface area contributed by atoms with Gasteiger partial charge in [-0.15, -0.1) is 0 Å². The highest BCUT2D eigenvalue weighted by atomic mass is 16.5. The van der Waals surface area contributed by atoms with Gasteiger partial charge in [-0.3, -0.25) is 9.36 Å². The van der Waals surface area contributed by atoms with Gasteiger partial charge in [0, 0.05) is 31.0 Å². The predicted octanol–water partition coefficient (Wildman–Crippen LogP) is 2.03. The van der Waals surface area contributed by atoms with Crippen LogP contribution in [0.15, 0.2) is 4.79 Å². The quantitative estimate of drug-likeness (QED) is 0.855. The molecule has 1 aromatic heterocycles. The Kier molecular flexibility index (Phi) is 4.29. The second-order valence-corrected chi connectivity index (χ2v) is 6.22. The summed E-state index contributed by atoms with van der Waals surface area (Å²) in [7, 11) is 0. The van der Waals surface area contributed by atoms with Crippen LogP contribution in [-0.2, 0) is 11.3 Å². The lowest BCUT2D eigenvalue weighted by Crippen LogP contribution is -2.39. The normalized spacial score (nSPS) is 22.8. The van der Waals surface area contributed by atoms with Crippen LogP contribution in [-0.4, -0.2) is 35.4 Å². The average Bonchev–Trinajstić information content (AvgIpc) is 3.01. The molecule has 1 aromatic rings. The topological polar surface area (TPSA) is 47.4 Å². The predicted molar refractivity (Wildman–Crippen MR) is 83.0 cm³/mol. The van der Waals surface area contributed by atoms with Crippen molar-refractivity contribution in [2.45, 2.75) is 58.6 Å². The van der Waals surface area contributed by atoms with Crippen LogP contribution < -0.4 is 10.5 Å². The van der Waals surface area contributed by atoms with E-state index in [9.17, 15) is 4.79 Å². The summed E-state index contributed by atoms with van der Waals surface area (Å²) in [5.74, 6) is 0.846. The van der Waals surface area contributed by atoms with Crippen molar-refractivity contribution < 1.29 is 4.74 Å². The molecule has 3 heterocycles. The average molecular weight is 291 g/mol. The molecule has 21 heavy (non-hydrogen) atoms. The number of ether oxygens (including phenoxy) is 1. The molecule has 2 saturated heterocycles. The monoisotopic (exact) mass is 291 g/mol. The smallest absolute Gasteiger partial charge is 0.258 e. The Morgan fingerprint density at radius 2 is 1.95 bits per heavy atom. The van der Waals surface area contributed by atoms with E-state index in [-0.39, 0.29) is 11.7 Å². The van der Waals surface area contributed by atoms with Gasteiger partial charge in [-0.1, -0.05) is 0 Å². The van der Waals surface area contributed by atoms with Gasteiger partial charge in [-0.25, -0.2) is 4.98 Å². The zero-order chi connectivity index (χ0) is 14.8. The Labute approximate surface area is 125 Å². The Balaban J connectivity index is 1.97. The summed E-state index contributed by atoms with van der Waals surface area (Å²) in [5.41, 5.74) is 1.71. The van der Waals surface area contributed by atoms with E-state index >= 15 is 0 Å². The number of hydrogen-bond acceptors (Lipinski definition) is 4. The molecular weight excluding hydrogens is 266 g/mol. The van der Waals surface area contributed by atoms with Crippen LogP contribution in [0.3, 0.4) is 0 Å². The largest absolute Gasteiger partial charge is 0.376 e. The Morgan fingerprint density at radius 1 is 1.19 bits per heavy atom. The number of aromatic nitrogens is 2. The van der Waals surface area contributed by atoms with Gasteiger partial charge in [0.15, 0.2) is 0 Å². The summed E-state index contributed by atoms with van der Waals surface area (Å²) < 4.78 is 7.57. The molecule has 0 aliphatic carbocycles. The van der Waals surface area contributed by atoms with Gasteiger partial charge in [-0.05, 0) is 46.0 Å². The number of rotatable bonds is 3. The summed E-state index contributed by atoms with van der Waals surface area (Å²) in [4.78, 5) is 19.7. The van der Waals surface area contributed by atoms with Gasteiger partial charge in [-0.2, -0.15) is 0 Å². The molecule has 0 aromatic carbocycles. The Morgan fingerprint density at radius 3 is 2.62 bits per heavy atom. The minimum atomic E-state index is 0.0959. The molecule has 2 aliphatic heterocycles. The van der Waals surface area contributed by atoms with Crippen LogP contribution in [0, 0.1) is 13.8 Å². The minimum Gasteiger partial charge on any atom is -0.376 e. The van der Waals surface area contributed by atoms with Crippen molar-refractivity contribution in [1.82, 2.24) is 9.55 Å². The fourth-order valence-corrected chi connectivity index (χ4v) is 3.23. The molecule has 0 saturated carbocycles. The van der Waals surface area contributed by atoms with Crippen LogP contribution in [0.25, 0.3) is 0 Å². The van der Waals surface area contributed by atoms with Crippen molar-refractivity contribution in [2.75, 3.05) is 24.6 Å². The van der Waals surface area contributed by atoms with Gasteiger partial charge in [0.05, 0.1) is 12.6 Å². The van der Waals surface area contributed by atoms with Gasteiger partial charge in [0.25, 0.3) is 5.56 Å². The van der Waals surface area contributed by atoms with Crippen molar-refractivity contribution in [3.8, 4) is 0 Å². The lowest BCUT2D eigenvalue weighted by Gasteiger charge is -2.30. The number of anilines is 1. The molecule has 5 nitrogen and oxygen atoms in total. The van der Waals surface area contributed by atoms with Gasteiger partial charge in [0.2, 0.25) is 5.95 Å². The van der Waals surface area contributed by atoms with Gasteiger partial charge >= 0.3 is 0 Å². The molecule has 0 unspecified atom stereocenters. The number of piperidine rings is 1. The molecule has 2 aliphatic rings. The van der Waals surface area contributed by atoms with E-state index in [0.29, 0.717) is 6.54 Å². The summed E-state index contributed by atoms with van der Waals surface area (Å²) >= 11 is 0. The summed E-state index contributed by atoms with van der Waals surface area (Å²) in [6.07, 6.45) is 5.94. The molecule has 116 valence electrons. The molecule has 0 radical (unpaired) electrons. The molecule has 0 N–H and O–H groups in total. The highest BCUT2D eigenvalue weighted by Gasteiger charge is 2.23. The molecular formula is C16H25N3O2. The maximum absolute atomic E-state index is 12.7. The minimum absolute atomic E-state index is 0.0959. The Hall–Kier alpha value is -1.36. The standard InChI is InChI=1S/C16H25N3O2/c1-12-13(2)17-16(18-8-4-3-5-9-18)19(15(12)20)11-14-7-6-10-21-14/h14H,3-11H2,1-2H3/t14-/m1/s1. The van der Waals surface area contributed by atoms with Crippen molar-refractivity contribution >= 4 is 5.95 Å². The maximum atomic E-state index is 12.7. The second kappa shape index (κ2) is 6.18. The van der Waals surface area contributed by atoms with E-state index in [4.69, 9.17) is 9.72 Å². The van der Waals surface area contributed by atoms with E-state index in [0.717, 1.165) is 49.7 Å². The van der Waals surface area contributed by atoms with Gasteiger partial charge in [0.1, 0.15) is 0 Å². The lowest BCUT2D eigenvalue weighted by molar-refractivity contribution is 0.0960. The summed E-state index contributed by atoms with van der Waals surface area (Å²) in [6, 6.07) is 0. The summed E-state index contributed by atoms with van der Waals surface area (Å²) in [5, 5.41) is 0. The van der Waals surface area contributed by atoms with Crippen molar-refractivity contribution in [1.29, 1.82) is 0 Å². The van der Waals surface area contributed by atoms with Crippen molar-refractivity contribution in [2.24, 2.45) is 0 Å². The number of nitrogens with zero attached hydrogens (tertiary/aromatic N) is 3. The zero-order valence-corrected chi connectivity index (χ0v) is 13.1. The van der Waals surface area contributed by atoms with Crippen LogP contribution in [0.2, 0.25) is 0 Å². The first kappa shape index (κ1) is 14.6. The second-order valence-electron chi connectivity index (χ2n) is 6.22. The van der Waals surface area contributed by atoms with E-state index in [1.807, 2.05) is 18.4 Å². The molecule has 3 rings (SSSR count). The highest BCUT2D eigenvalue weighted by molar-refractivity contribution is 5.35. The maximum Gasteiger partial charge on any atom is 0.258 e. The van der Waals surface area contributed by atoms with Crippen LogP contribution in [0.1, 0.15) is 43.4 Å². The fraction of sp³-hybridized carbons (Fsp3) is 0.750. The van der Waals surface area contributed by atoms with Crippen LogP contribution in [0.5, 0.6) is 0 Å². The first-order valence-electron chi connectivity index (χ1n) is 8.11. The molecule has 0 bridgehead atoms. The van der Waals surface area contributed by atoms with Crippen LogP contribution in [0.4, 0.5) is 5.95 Å². The third kappa shape index (κ3) is 2.98. The van der Waals surface area contributed by atoms with E-state index in [2.05, 4.69) is 4.90 Å². The zero-order valence-electron chi connectivity index (χ0n) is 13.1. The molecule has 2 fully saturated rings. The number of aryl methyl sites for hydroxylation is 1. The SMILES string of the molecule is Cc1nc(N2CCCCC2)n(C[C@H]2CCCO2)c(=O)c1C. The van der Waals surface area contributed by atoms with Crippen LogP contribution >= 0.6 is 0 Å². The third-order valence-corrected chi connectivity index (χ3v) is 4.67. The number of hydrogen-bond donors (Lipinski definition) is 0. The first-order chi connectivity index (χ1) is 10.2. The fourth-order valence-electron chi connectivity index (χ4n) is 3.23.